The molecule has 6 heteroatoms. The number of unbranched alkanes of at least 4 members (excludes halogenated alkanes) is 1. The Morgan fingerprint density at radius 1 is 1.17 bits per heavy atom. The van der Waals surface area contributed by atoms with Gasteiger partial charge in [0.2, 0.25) is 5.56 Å². The number of pyridine rings is 1. The Morgan fingerprint density at radius 2 is 1.97 bits per heavy atom. The van der Waals surface area contributed by atoms with Crippen molar-refractivity contribution in [3.8, 4) is 5.75 Å². The van der Waals surface area contributed by atoms with Gasteiger partial charge in [0.05, 0.1) is 6.04 Å². The van der Waals surface area contributed by atoms with Crippen LogP contribution in [-0.4, -0.2) is 29.7 Å². The molecule has 1 aromatic heterocycles. The number of nitrogens with zero attached hydrogens (tertiary/aromatic N) is 2. The lowest BCUT2D eigenvalue weighted by molar-refractivity contribution is 0.0396. The molecule has 2 aliphatic rings. The number of para-hydroxylation sites is 1. The highest BCUT2D eigenvalue weighted by Crippen LogP contribution is 2.46. The number of rotatable bonds is 6. The minimum Gasteiger partial charge on any atom is -0.487 e. The van der Waals surface area contributed by atoms with Gasteiger partial charge in [-0.25, -0.2) is 0 Å². The summed E-state index contributed by atoms with van der Waals surface area (Å²) in [6, 6.07) is 13.8. The van der Waals surface area contributed by atoms with Crippen molar-refractivity contribution < 1.29 is 4.74 Å². The SMILES string of the molecule is CN=C(NCCCCn1ccccc1=O)NC1CC2(CCCC2)Oc2ccccc21. The number of hydrogen-bond acceptors (Lipinski definition) is 3. The molecule has 0 radical (unpaired) electrons. The third-order valence-corrected chi connectivity index (χ3v) is 6.26. The number of fused-ring (bicyclic) bond motifs is 1. The average molecular weight is 409 g/mol. The summed E-state index contributed by atoms with van der Waals surface area (Å²) in [4.78, 5) is 16.2. The fourth-order valence-electron chi connectivity index (χ4n) is 4.69. The topological polar surface area (TPSA) is 67.7 Å². The van der Waals surface area contributed by atoms with Gasteiger partial charge in [0.15, 0.2) is 5.96 Å². The van der Waals surface area contributed by atoms with E-state index in [1.54, 1.807) is 16.7 Å². The second-order valence-electron chi connectivity index (χ2n) is 8.37. The summed E-state index contributed by atoms with van der Waals surface area (Å²) in [6.45, 7) is 1.56. The van der Waals surface area contributed by atoms with Crippen LogP contribution in [0.25, 0.3) is 0 Å². The normalized spacial score (nSPS) is 19.9. The minimum absolute atomic E-state index is 0.0339. The van der Waals surface area contributed by atoms with E-state index in [1.165, 1.54) is 18.4 Å². The second kappa shape index (κ2) is 9.37. The van der Waals surface area contributed by atoms with Gasteiger partial charge in [0, 0.05) is 44.4 Å². The number of aryl methyl sites for hydroxylation is 1. The molecule has 2 heterocycles. The average Bonchev–Trinajstić information content (AvgIpc) is 3.21. The van der Waals surface area contributed by atoms with Gasteiger partial charge in [-0.3, -0.25) is 9.79 Å². The molecule has 0 saturated heterocycles. The van der Waals surface area contributed by atoms with Crippen LogP contribution in [0.2, 0.25) is 0 Å². The first-order chi connectivity index (χ1) is 14.7. The standard InChI is InChI=1S/C24H32N4O2/c1-25-23(26-15-7-9-17-28-16-8-4-12-22(28)29)27-20-18-24(13-5-6-14-24)30-21-11-3-2-10-19(20)21/h2-4,8,10-12,16,20H,5-7,9,13-15,17-18H2,1H3,(H2,25,26,27). The molecule has 30 heavy (non-hydrogen) atoms. The third kappa shape index (κ3) is 4.69. The van der Waals surface area contributed by atoms with E-state index in [0.29, 0.717) is 0 Å². The molecule has 1 aliphatic heterocycles. The van der Waals surface area contributed by atoms with Crippen LogP contribution in [0, 0.1) is 0 Å². The van der Waals surface area contributed by atoms with Crippen molar-refractivity contribution in [2.45, 2.75) is 63.1 Å². The molecule has 1 saturated carbocycles. The maximum absolute atomic E-state index is 11.8. The molecule has 1 fully saturated rings. The zero-order chi connectivity index (χ0) is 20.8. The number of guanidine groups is 1. The zero-order valence-electron chi connectivity index (χ0n) is 17.8. The molecule has 2 N–H and O–H groups in total. The Kier molecular flexibility index (Phi) is 6.41. The van der Waals surface area contributed by atoms with Crippen LogP contribution in [0.3, 0.4) is 0 Å². The molecule has 1 atom stereocenters. The molecule has 6 nitrogen and oxygen atoms in total. The Labute approximate surface area is 178 Å². The third-order valence-electron chi connectivity index (χ3n) is 6.26. The maximum atomic E-state index is 11.8. The van der Waals surface area contributed by atoms with E-state index in [4.69, 9.17) is 4.74 Å². The van der Waals surface area contributed by atoms with E-state index in [9.17, 15) is 4.79 Å². The monoisotopic (exact) mass is 408 g/mol. The van der Waals surface area contributed by atoms with Crippen LogP contribution >= 0.6 is 0 Å². The Hall–Kier alpha value is -2.76. The van der Waals surface area contributed by atoms with E-state index >= 15 is 0 Å². The van der Waals surface area contributed by atoms with Crippen LogP contribution in [0.15, 0.2) is 58.4 Å². The lowest BCUT2D eigenvalue weighted by Crippen LogP contribution is -2.46. The number of aliphatic imine (C=N–C) groups is 1. The molecule has 4 rings (SSSR count). The van der Waals surface area contributed by atoms with E-state index in [2.05, 4.69) is 39.9 Å². The molecular formula is C24H32N4O2. The summed E-state index contributed by atoms with van der Waals surface area (Å²) in [5, 5.41) is 7.07. The summed E-state index contributed by atoms with van der Waals surface area (Å²) in [6.07, 6.45) is 9.47. The molecular weight excluding hydrogens is 376 g/mol. The van der Waals surface area contributed by atoms with Crippen molar-refractivity contribution in [1.29, 1.82) is 0 Å². The van der Waals surface area contributed by atoms with Gasteiger partial charge in [0.25, 0.3) is 0 Å². The van der Waals surface area contributed by atoms with Crippen LogP contribution in [0.1, 0.15) is 56.6 Å². The first-order valence-electron chi connectivity index (χ1n) is 11.1. The van der Waals surface area contributed by atoms with Gasteiger partial charge in [0.1, 0.15) is 11.4 Å². The number of aromatic nitrogens is 1. The molecule has 1 aromatic carbocycles. The first kappa shape index (κ1) is 20.5. The summed E-state index contributed by atoms with van der Waals surface area (Å²) in [5.41, 5.74) is 1.23. The van der Waals surface area contributed by atoms with Crippen LogP contribution < -0.4 is 20.9 Å². The van der Waals surface area contributed by atoms with Gasteiger partial charge >= 0.3 is 0 Å². The van der Waals surface area contributed by atoms with Crippen LogP contribution in [-0.2, 0) is 6.54 Å². The largest absolute Gasteiger partial charge is 0.487 e. The van der Waals surface area contributed by atoms with Crippen molar-refractivity contribution in [1.82, 2.24) is 15.2 Å². The van der Waals surface area contributed by atoms with Crippen molar-refractivity contribution in [3.63, 3.8) is 0 Å². The van der Waals surface area contributed by atoms with E-state index in [-0.39, 0.29) is 17.2 Å². The van der Waals surface area contributed by atoms with Gasteiger partial charge in [-0.1, -0.05) is 24.3 Å². The van der Waals surface area contributed by atoms with Gasteiger partial charge in [-0.05, 0) is 50.7 Å². The van der Waals surface area contributed by atoms with Crippen LogP contribution in [0.4, 0.5) is 0 Å². The number of ether oxygens (including phenoxy) is 1. The highest BCUT2D eigenvalue weighted by Gasteiger charge is 2.43. The van der Waals surface area contributed by atoms with Gasteiger partial charge < -0.3 is 19.9 Å². The molecule has 1 spiro atoms. The van der Waals surface area contributed by atoms with E-state index < -0.39 is 0 Å². The number of nitrogens with one attached hydrogen (secondary N) is 2. The summed E-state index contributed by atoms with van der Waals surface area (Å²) < 4.78 is 8.22. The van der Waals surface area contributed by atoms with E-state index in [1.807, 2.05) is 19.3 Å². The first-order valence-corrected chi connectivity index (χ1v) is 11.1. The highest BCUT2D eigenvalue weighted by molar-refractivity contribution is 5.80. The second-order valence-corrected chi connectivity index (χ2v) is 8.37. The van der Waals surface area contributed by atoms with E-state index in [0.717, 1.165) is 56.9 Å². The number of hydrogen-bond donors (Lipinski definition) is 2. The summed E-state index contributed by atoms with van der Waals surface area (Å²) in [7, 11) is 1.81. The Morgan fingerprint density at radius 3 is 2.77 bits per heavy atom. The van der Waals surface area contributed by atoms with Gasteiger partial charge in [-0.2, -0.15) is 0 Å². The fraction of sp³-hybridized carbons (Fsp3) is 0.500. The lowest BCUT2D eigenvalue weighted by atomic mass is 9.86. The van der Waals surface area contributed by atoms with Crippen molar-refractivity contribution in [2.75, 3.05) is 13.6 Å². The maximum Gasteiger partial charge on any atom is 0.250 e. The smallest absolute Gasteiger partial charge is 0.250 e. The Balaban J connectivity index is 1.32. The lowest BCUT2D eigenvalue weighted by Gasteiger charge is -2.40. The minimum atomic E-state index is -0.0339. The molecule has 0 bridgehead atoms. The zero-order valence-corrected chi connectivity index (χ0v) is 17.8. The van der Waals surface area contributed by atoms with Crippen molar-refractivity contribution in [3.05, 3.63) is 64.6 Å². The van der Waals surface area contributed by atoms with Crippen LogP contribution in [0.5, 0.6) is 5.75 Å². The van der Waals surface area contributed by atoms with Crippen molar-refractivity contribution in [2.24, 2.45) is 4.99 Å². The predicted molar refractivity (Wildman–Crippen MR) is 120 cm³/mol. The van der Waals surface area contributed by atoms with Gasteiger partial charge in [-0.15, -0.1) is 0 Å². The molecule has 160 valence electrons. The highest BCUT2D eigenvalue weighted by atomic mass is 16.5. The summed E-state index contributed by atoms with van der Waals surface area (Å²) in [5.74, 6) is 1.83. The number of benzene rings is 1. The molecule has 0 amide bonds. The molecule has 1 aliphatic carbocycles. The quantitative estimate of drug-likeness (QED) is 0.435. The summed E-state index contributed by atoms with van der Waals surface area (Å²) >= 11 is 0. The van der Waals surface area contributed by atoms with Crippen molar-refractivity contribution >= 4 is 5.96 Å². The fourth-order valence-corrected chi connectivity index (χ4v) is 4.69. The molecule has 2 aromatic rings. The Bertz CT molecular complexity index is 931. The predicted octanol–water partition coefficient (Wildman–Crippen LogP) is 3.63. The molecule has 1 unspecified atom stereocenters.